The number of rotatable bonds is 1. The minimum atomic E-state index is -0.502. The highest BCUT2D eigenvalue weighted by Crippen LogP contribution is 2.38. The standard InChI is InChI=1S/C13H10ClN3O3S/c14-6-2-1-3-7-10(6)11(15)12(21-7)13(20)17-4-8(18)16-9(19)5-17/h1-3H,4-5,15H2,(H,16,18,19). The molecule has 0 unspecified atom stereocenters. The molecule has 1 aliphatic heterocycles. The summed E-state index contributed by atoms with van der Waals surface area (Å²) < 4.78 is 0.788. The van der Waals surface area contributed by atoms with Gasteiger partial charge in [-0.15, -0.1) is 11.3 Å². The molecule has 0 saturated carbocycles. The summed E-state index contributed by atoms with van der Waals surface area (Å²) in [5, 5.41) is 3.24. The van der Waals surface area contributed by atoms with Crippen LogP contribution in [0.4, 0.5) is 5.69 Å². The molecular formula is C13H10ClN3O3S. The van der Waals surface area contributed by atoms with Crippen molar-refractivity contribution in [3.8, 4) is 0 Å². The molecule has 0 spiro atoms. The molecule has 3 amide bonds. The van der Waals surface area contributed by atoms with Crippen molar-refractivity contribution in [1.82, 2.24) is 10.2 Å². The zero-order valence-electron chi connectivity index (χ0n) is 10.7. The first kappa shape index (κ1) is 13.8. The molecule has 0 bridgehead atoms. The van der Waals surface area contributed by atoms with Gasteiger partial charge in [-0.2, -0.15) is 0 Å². The average Bonchev–Trinajstić information content (AvgIpc) is 2.75. The van der Waals surface area contributed by atoms with Crippen LogP contribution in [0.2, 0.25) is 5.02 Å². The Morgan fingerprint density at radius 3 is 2.57 bits per heavy atom. The number of fused-ring (bicyclic) bond motifs is 1. The Hall–Kier alpha value is -2.12. The predicted octanol–water partition coefficient (Wildman–Crippen LogP) is 1.24. The molecule has 1 aromatic heterocycles. The molecule has 0 radical (unpaired) electrons. The van der Waals surface area contributed by atoms with E-state index in [2.05, 4.69) is 5.32 Å². The minimum absolute atomic E-state index is 0.161. The molecular weight excluding hydrogens is 314 g/mol. The Labute approximate surface area is 128 Å². The van der Waals surface area contributed by atoms with Crippen molar-refractivity contribution in [3.63, 3.8) is 0 Å². The molecule has 21 heavy (non-hydrogen) atoms. The maximum absolute atomic E-state index is 12.5. The molecule has 3 rings (SSSR count). The third kappa shape index (κ3) is 2.34. The number of nitrogens with one attached hydrogen (secondary N) is 1. The average molecular weight is 324 g/mol. The number of benzene rings is 1. The summed E-state index contributed by atoms with van der Waals surface area (Å²) in [6.45, 7) is -0.321. The maximum Gasteiger partial charge on any atom is 0.267 e. The highest BCUT2D eigenvalue weighted by Gasteiger charge is 2.29. The van der Waals surface area contributed by atoms with E-state index >= 15 is 0 Å². The number of nitrogens with two attached hydrogens (primary N) is 1. The van der Waals surface area contributed by atoms with Gasteiger partial charge in [-0.05, 0) is 12.1 Å². The summed E-state index contributed by atoms with van der Waals surface area (Å²) in [6, 6.07) is 5.28. The van der Waals surface area contributed by atoms with Crippen molar-refractivity contribution in [2.45, 2.75) is 0 Å². The lowest BCUT2D eigenvalue weighted by Gasteiger charge is -2.25. The molecule has 108 valence electrons. The molecule has 2 heterocycles. The number of hydrogen-bond donors (Lipinski definition) is 2. The van der Waals surface area contributed by atoms with E-state index in [9.17, 15) is 14.4 Å². The summed E-state index contributed by atoms with van der Waals surface area (Å²) in [4.78, 5) is 36.7. The number of carbonyl (C=O) groups is 3. The van der Waals surface area contributed by atoms with Gasteiger partial charge in [-0.3, -0.25) is 19.7 Å². The SMILES string of the molecule is Nc1c(C(=O)N2CC(=O)NC(=O)C2)sc2cccc(Cl)c12. The van der Waals surface area contributed by atoms with Crippen LogP contribution < -0.4 is 11.1 Å². The van der Waals surface area contributed by atoms with E-state index in [4.69, 9.17) is 17.3 Å². The monoisotopic (exact) mass is 323 g/mol. The molecule has 2 aromatic rings. The Kier molecular flexibility index (Phi) is 3.30. The van der Waals surface area contributed by atoms with Gasteiger partial charge in [-0.25, -0.2) is 0 Å². The van der Waals surface area contributed by atoms with Crippen LogP contribution in [0.1, 0.15) is 9.67 Å². The van der Waals surface area contributed by atoms with Crippen molar-refractivity contribution < 1.29 is 14.4 Å². The van der Waals surface area contributed by atoms with E-state index in [-0.39, 0.29) is 18.8 Å². The van der Waals surface area contributed by atoms with Gasteiger partial charge in [0.1, 0.15) is 18.0 Å². The van der Waals surface area contributed by atoms with Gasteiger partial charge in [0.05, 0.1) is 10.7 Å². The summed E-state index contributed by atoms with van der Waals surface area (Å²) in [5.74, 6) is -1.44. The fraction of sp³-hybridized carbons (Fsp3) is 0.154. The topological polar surface area (TPSA) is 92.5 Å². The molecule has 6 nitrogen and oxygen atoms in total. The molecule has 0 atom stereocenters. The van der Waals surface area contributed by atoms with Crippen molar-refractivity contribution in [2.24, 2.45) is 0 Å². The first-order valence-electron chi connectivity index (χ1n) is 6.06. The number of hydrogen-bond acceptors (Lipinski definition) is 5. The molecule has 1 saturated heterocycles. The maximum atomic E-state index is 12.5. The number of anilines is 1. The molecule has 8 heteroatoms. The van der Waals surface area contributed by atoms with Crippen LogP contribution in [0.5, 0.6) is 0 Å². The predicted molar refractivity (Wildman–Crippen MR) is 80.3 cm³/mol. The minimum Gasteiger partial charge on any atom is -0.397 e. The van der Waals surface area contributed by atoms with E-state index in [1.54, 1.807) is 12.1 Å². The Balaban J connectivity index is 2.02. The van der Waals surface area contributed by atoms with Gasteiger partial charge >= 0.3 is 0 Å². The fourth-order valence-corrected chi connectivity index (χ4v) is 3.66. The van der Waals surface area contributed by atoms with Crippen LogP contribution in [0, 0.1) is 0 Å². The lowest BCUT2D eigenvalue weighted by molar-refractivity contribution is -0.135. The summed E-state index contributed by atoms with van der Waals surface area (Å²) in [6.07, 6.45) is 0. The van der Waals surface area contributed by atoms with E-state index < -0.39 is 17.7 Å². The summed E-state index contributed by atoms with van der Waals surface area (Å²) >= 11 is 7.29. The number of carbonyl (C=O) groups excluding carboxylic acids is 3. The highest BCUT2D eigenvalue weighted by atomic mass is 35.5. The normalized spacial score (nSPS) is 15.4. The van der Waals surface area contributed by atoms with Crippen LogP contribution in [0.3, 0.4) is 0 Å². The van der Waals surface area contributed by atoms with E-state index in [1.165, 1.54) is 16.2 Å². The smallest absolute Gasteiger partial charge is 0.267 e. The molecule has 0 aliphatic carbocycles. The number of amides is 3. The first-order chi connectivity index (χ1) is 9.97. The van der Waals surface area contributed by atoms with Crippen LogP contribution in [-0.2, 0) is 9.59 Å². The lowest BCUT2D eigenvalue weighted by atomic mass is 10.2. The second-order valence-corrected chi connectivity index (χ2v) is 6.05. The lowest BCUT2D eigenvalue weighted by Crippen LogP contribution is -2.53. The Bertz CT molecular complexity index is 770. The number of thiophene rings is 1. The molecule has 1 aliphatic rings. The second-order valence-electron chi connectivity index (χ2n) is 4.59. The molecule has 1 fully saturated rings. The van der Waals surface area contributed by atoms with E-state index in [1.807, 2.05) is 6.07 Å². The van der Waals surface area contributed by atoms with Crippen LogP contribution >= 0.6 is 22.9 Å². The van der Waals surface area contributed by atoms with E-state index in [0.29, 0.717) is 15.3 Å². The van der Waals surface area contributed by atoms with Crippen molar-refractivity contribution in [3.05, 3.63) is 28.1 Å². The summed E-state index contributed by atoms with van der Waals surface area (Å²) in [7, 11) is 0. The largest absolute Gasteiger partial charge is 0.397 e. The third-order valence-electron chi connectivity index (χ3n) is 3.13. The quantitative estimate of drug-likeness (QED) is 0.772. The van der Waals surface area contributed by atoms with Gasteiger partial charge in [0.2, 0.25) is 11.8 Å². The van der Waals surface area contributed by atoms with Gasteiger partial charge in [0.25, 0.3) is 5.91 Å². The van der Waals surface area contributed by atoms with Gasteiger partial charge in [0, 0.05) is 10.1 Å². The number of piperazine rings is 1. The van der Waals surface area contributed by atoms with E-state index in [0.717, 1.165) is 4.70 Å². The van der Waals surface area contributed by atoms with Crippen molar-refractivity contribution >= 4 is 56.4 Å². The number of nitrogens with zero attached hydrogens (tertiary/aromatic N) is 1. The first-order valence-corrected chi connectivity index (χ1v) is 7.25. The summed E-state index contributed by atoms with van der Waals surface area (Å²) in [5.41, 5.74) is 6.29. The third-order valence-corrected chi connectivity index (χ3v) is 4.60. The fourth-order valence-electron chi connectivity index (χ4n) is 2.21. The Morgan fingerprint density at radius 1 is 1.29 bits per heavy atom. The van der Waals surface area contributed by atoms with Crippen LogP contribution in [0.15, 0.2) is 18.2 Å². The highest BCUT2D eigenvalue weighted by molar-refractivity contribution is 7.21. The van der Waals surface area contributed by atoms with Gasteiger partial charge < -0.3 is 10.6 Å². The zero-order chi connectivity index (χ0) is 15.1. The van der Waals surface area contributed by atoms with Crippen molar-refractivity contribution in [2.75, 3.05) is 18.8 Å². The second kappa shape index (κ2) is 5.01. The number of nitrogen functional groups attached to an aromatic ring is 1. The Morgan fingerprint density at radius 2 is 1.95 bits per heavy atom. The molecule has 3 N–H and O–H groups in total. The van der Waals surface area contributed by atoms with Gasteiger partial charge in [0.15, 0.2) is 0 Å². The number of imide groups is 1. The van der Waals surface area contributed by atoms with Crippen LogP contribution in [0.25, 0.3) is 10.1 Å². The van der Waals surface area contributed by atoms with Crippen molar-refractivity contribution in [1.29, 1.82) is 0 Å². The number of halogens is 1. The van der Waals surface area contributed by atoms with Gasteiger partial charge in [-0.1, -0.05) is 17.7 Å². The van der Waals surface area contributed by atoms with Crippen LogP contribution in [-0.4, -0.2) is 35.7 Å². The zero-order valence-corrected chi connectivity index (χ0v) is 12.3. The molecule has 1 aromatic carbocycles.